The van der Waals surface area contributed by atoms with Crippen LogP contribution in [0.1, 0.15) is 24.0 Å². The van der Waals surface area contributed by atoms with Crippen LogP contribution in [0.15, 0.2) is 59.5 Å². The quantitative estimate of drug-likeness (QED) is 0.617. The molecule has 3 rings (SSSR count). The SMILES string of the molecule is COCc1ccccc1CNC(=O)CCC(=O)N1CCN(S(=O)(=O)c2ccccc2)CC1. The predicted molar refractivity (Wildman–Crippen MR) is 120 cm³/mol. The molecule has 0 radical (unpaired) electrons. The van der Waals surface area contributed by atoms with Gasteiger partial charge >= 0.3 is 0 Å². The van der Waals surface area contributed by atoms with Gasteiger partial charge in [0.25, 0.3) is 0 Å². The Balaban J connectivity index is 1.43. The van der Waals surface area contributed by atoms with Crippen molar-refractivity contribution in [2.75, 3.05) is 33.3 Å². The Morgan fingerprint density at radius 1 is 0.906 bits per heavy atom. The van der Waals surface area contributed by atoms with Crippen molar-refractivity contribution >= 4 is 21.8 Å². The summed E-state index contributed by atoms with van der Waals surface area (Å²) >= 11 is 0. The number of hydrogen-bond acceptors (Lipinski definition) is 5. The number of hydrogen-bond donors (Lipinski definition) is 1. The van der Waals surface area contributed by atoms with E-state index in [-0.39, 0.29) is 42.6 Å². The molecule has 0 atom stereocenters. The fraction of sp³-hybridized carbons (Fsp3) is 0.391. The van der Waals surface area contributed by atoms with E-state index in [0.29, 0.717) is 26.2 Å². The van der Waals surface area contributed by atoms with Gasteiger partial charge in [0, 0.05) is 52.7 Å². The molecule has 0 bridgehead atoms. The summed E-state index contributed by atoms with van der Waals surface area (Å²) in [6.07, 6.45) is 0.185. The van der Waals surface area contributed by atoms with Crippen LogP contribution in [0.4, 0.5) is 0 Å². The molecular weight excluding hydrogens is 430 g/mol. The third-order valence-corrected chi connectivity index (χ3v) is 7.35. The van der Waals surface area contributed by atoms with E-state index in [0.717, 1.165) is 11.1 Å². The first-order valence-electron chi connectivity index (χ1n) is 10.6. The maximum absolute atomic E-state index is 12.7. The van der Waals surface area contributed by atoms with Crippen molar-refractivity contribution in [3.8, 4) is 0 Å². The van der Waals surface area contributed by atoms with E-state index in [2.05, 4.69) is 5.32 Å². The third-order valence-electron chi connectivity index (χ3n) is 5.43. The van der Waals surface area contributed by atoms with Gasteiger partial charge in [-0.2, -0.15) is 4.31 Å². The Bertz CT molecular complexity index is 1020. The summed E-state index contributed by atoms with van der Waals surface area (Å²) in [6, 6.07) is 16.0. The van der Waals surface area contributed by atoms with Gasteiger partial charge in [-0.15, -0.1) is 0 Å². The van der Waals surface area contributed by atoms with Crippen LogP contribution in [0.3, 0.4) is 0 Å². The number of carbonyl (C=O) groups is 2. The first-order chi connectivity index (χ1) is 15.4. The van der Waals surface area contributed by atoms with Gasteiger partial charge in [-0.25, -0.2) is 8.42 Å². The fourth-order valence-corrected chi connectivity index (χ4v) is 5.05. The standard InChI is InChI=1S/C23H29N3O5S/c1-31-18-20-8-6-5-7-19(20)17-24-22(27)11-12-23(28)25-13-15-26(16-14-25)32(29,30)21-9-3-2-4-10-21/h2-10H,11-18H2,1H3,(H,24,27). The Kier molecular flexibility index (Phi) is 8.38. The van der Waals surface area contributed by atoms with Crippen molar-refractivity contribution in [2.45, 2.75) is 30.9 Å². The number of benzene rings is 2. The van der Waals surface area contributed by atoms with Gasteiger partial charge in [0.1, 0.15) is 0 Å². The van der Waals surface area contributed by atoms with Crippen LogP contribution < -0.4 is 5.32 Å². The van der Waals surface area contributed by atoms with Gasteiger partial charge in [-0.05, 0) is 23.3 Å². The Hall–Kier alpha value is -2.75. The fourth-order valence-electron chi connectivity index (χ4n) is 3.61. The highest BCUT2D eigenvalue weighted by atomic mass is 32.2. The summed E-state index contributed by atoms with van der Waals surface area (Å²) in [7, 11) is -1.93. The lowest BCUT2D eigenvalue weighted by atomic mass is 10.1. The Labute approximate surface area is 189 Å². The molecule has 1 aliphatic rings. The van der Waals surface area contributed by atoms with Crippen LogP contribution in [-0.2, 0) is 37.5 Å². The zero-order chi connectivity index (χ0) is 23.0. The summed E-state index contributed by atoms with van der Waals surface area (Å²) in [6.45, 7) is 1.96. The molecule has 0 aliphatic carbocycles. The zero-order valence-corrected chi connectivity index (χ0v) is 19.0. The van der Waals surface area contributed by atoms with E-state index >= 15 is 0 Å². The number of sulfonamides is 1. The van der Waals surface area contributed by atoms with Crippen LogP contribution in [0.5, 0.6) is 0 Å². The third kappa shape index (κ3) is 6.15. The Morgan fingerprint density at radius 2 is 1.53 bits per heavy atom. The lowest BCUT2D eigenvalue weighted by Crippen LogP contribution is -2.50. The molecule has 0 unspecified atom stereocenters. The van der Waals surface area contributed by atoms with E-state index in [1.807, 2.05) is 24.3 Å². The van der Waals surface area contributed by atoms with Crippen molar-refractivity contribution in [1.82, 2.24) is 14.5 Å². The average molecular weight is 460 g/mol. The highest BCUT2D eigenvalue weighted by Gasteiger charge is 2.29. The van der Waals surface area contributed by atoms with Gasteiger partial charge in [0.15, 0.2) is 0 Å². The summed E-state index contributed by atoms with van der Waals surface area (Å²) in [5.74, 6) is -0.340. The molecular formula is C23H29N3O5S. The topological polar surface area (TPSA) is 96.0 Å². The molecule has 1 saturated heterocycles. The smallest absolute Gasteiger partial charge is 0.243 e. The molecule has 0 saturated carbocycles. The second-order valence-corrected chi connectivity index (χ2v) is 9.51. The molecule has 1 heterocycles. The summed E-state index contributed by atoms with van der Waals surface area (Å²) < 4.78 is 32.0. The Morgan fingerprint density at radius 3 is 2.19 bits per heavy atom. The van der Waals surface area contributed by atoms with Crippen molar-refractivity contribution in [3.63, 3.8) is 0 Å². The predicted octanol–water partition coefficient (Wildman–Crippen LogP) is 1.76. The number of carbonyl (C=O) groups excluding carboxylic acids is 2. The highest BCUT2D eigenvalue weighted by Crippen LogP contribution is 2.17. The summed E-state index contributed by atoms with van der Waals surface area (Å²) in [5, 5.41) is 2.85. The van der Waals surface area contributed by atoms with E-state index in [1.54, 1.807) is 42.3 Å². The summed E-state index contributed by atoms with van der Waals surface area (Å²) in [5.41, 5.74) is 1.99. The van der Waals surface area contributed by atoms with Crippen LogP contribution in [0, 0.1) is 0 Å². The van der Waals surface area contributed by atoms with Gasteiger partial charge < -0.3 is 15.0 Å². The minimum atomic E-state index is -3.56. The molecule has 0 spiro atoms. The van der Waals surface area contributed by atoms with Crippen LogP contribution in [0.25, 0.3) is 0 Å². The second kappa shape index (κ2) is 11.2. The molecule has 8 nitrogen and oxygen atoms in total. The molecule has 0 aromatic heterocycles. The molecule has 1 fully saturated rings. The molecule has 2 aromatic rings. The van der Waals surface area contributed by atoms with Crippen molar-refractivity contribution < 1.29 is 22.7 Å². The average Bonchev–Trinajstić information content (AvgIpc) is 2.83. The molecule has 2 amide bonds. The molecule has 32 heavy (non-hydrogen) atoms. The van der Waals surface area contributed by atoms with Gasteiger partial charge in [-0.1, -0.05) is 42.5 Å². The maximum Gasteiger partial charge on any atom is 0.243 e. The second-order valence-electron chi connectivity index (χ2n) is 7.58. The van der Waals surface area contributed by atoms with Crippen LogP contribution >= 0.6 is 0 Å². The van der Waals surface area contributed by atoms with Crippen molar-refractivity contribution in [1.29, 1.82) is 0 Å². The number of nitrogens with one attached hydrogen (secondary N) is 1. The number of piperazine rings is 1. The van der Waals surface area contributed by atoms with Crippen molar-refractivity contribution in [3.05, 3.63) is 65.7 Å². The maximum atomic E-state index is 12.7. The monoisotopic (exact) mass is 459 g/mol. The molecule has 2 aromatic carbocycles. The van der Waals surface area contributed by atoms with E-state index in [1.165, 1.54) is 4.31 Å². The first-order valence-corrected chi connectivity index (χ1v) is 12.0. The van der Waals surface area contributed by atoms with E-state index in [9.17, 15) is 18.0 Å². The van der Waals surface area contributed by atoms with E-state index in [4.69, 9.17) is 4.74 Å². The summed E-state index contributed by atoms with van der Waals surface area (Å²) in [4.78, 5) is 26.6. The highest BCUT2D eigenvalue weighted by molar-refractivity contribution is 7.89. The first kappa shape index (κ1) is 23.9. The minimum absolute atomic E-state index is 0.0911. The van der Waals surface area contributed by atoms with Crippen LogP contribution in [-0.4, -0.2) is 62.7 Å². The number of amides is 2. The molecule has 1 aliphatic heterocycles. The normalized spacial score (nSPS) is 14.8. The number of rotatable bonds is 9. The number of methoxy groups -OCH3 is 1. The number of ether oxygens (including phenoxy) is 1. The lowest BCUT2D eigenvalue weighted by Gasteiger charge is -2.34. The minimum Gasteiger partial charge on any atom is -0.380 e. The molecule has 1 N–H and O–H groups in total. The largest absolute Gasteiger partial charge is 0.380 e. The van der Waals surface area contributed by atoms with Gasteiger partial charge in [0.2, 0.25) is 21.8 Å². The van der Waals surface area contributed by atoms with Gasteiger partial charge in [-0.3, -0.25) is 9.59 Å². The van der Waals surface area contributed by atoms with Gasteiger partial charge in [0.05, 0.1) is 11.5 Å². The number of nitrogens with zero attached hydrogens (tertiary/aromatic N) is 2. The van der Waals surface area contributed by atoms with E-state index < -0.39 is 10.0 Å². The lowest BCUT2D eigenvalue weighted by molar-refractivity contribution is -0.134. The van der Waals surface area contributed by atoms with Crippen molar-refractivity contribution in [2.24, 2.45) is 0 Å². The van der Waals surface area contributed by atoms with Crippen LogP contribution in [0.2, 0.25) is 0 Å². The zero-order valence-electron chi connectivity index (χ0n) is 18.2. The molecule has 9 heteroatoms. The molecule has 172 valence electrons.